The number of halogens is 1. The predicted octanol–water partition coefficient (Wildman–Crippen LogP) is 1.43. The molecule has 0 N–H and O–H groups in total. The highest BCUT2D eigenvalue weighted by Crippen LogP contribution is 2.56. The molecule has 2 saturated heterocycles. The van der Waals surface area contributed by atoms with Gasteiger partial charge in [-0.15, -0.1) is 6.58 Å². The smallest absolute Gasteiger partial charge is 0.234 e. The number of anilines is 1. The largest absolute Gasteiger partial charge is 0.550 e. The Morgan fingerprint density at radius 3 is 2.75 bits per heavy atom. The van der Waals surface area contributed by atoms with Crippen LogP contribution in [0.15, 0.2) is 53.5 Å². The van der Waals surface area contributed by atoms with Crippen molar-refractivity contribution in [2.24, 2.45) is 11.8 Å². The van der Waals surface area contributed by atoms with Crippen molar-refractivity contribution >= 4 is 33.5 Å². The summed E-state index contributed by atoms with van der Waals surface area (Å²) in [6.45, 7) is 3.78. The molecule has 1 aromatic rings. The van der Waals surface area contributed by atoms with Crippen LogP contribution >= 0.6 is 15.9 Å². The minimum absolute atomic E-state index is 0.231. The van der Waals surface area contributed by atoms with Crippen molar-refractivity contribution in [3.63, 3.8) is 0 Å². The predicted molar refractivity (Wildman–Crippen MR) is 89.0 cm³/mol. The Bertz CT molecular complexity index is 759. The highest BCUT2D eigenvalue weighted by Gasteiger charge is 2.69. The van der Waals surface area contributed by atoms with Crippen LogP contribution in [0.4, 0.5) is 5.69 Å². The Balaban J connectivity index is 1.83. The Morgan fingerprint density at radius 1 is 1.42 bits per heavy atom. The quantitative estimate of drug-likeness (QED) is 0.731. The molecule has 6 heteroatoms. The van der Waals surface area contributed by atoms with E-state index in [0.717, 1.165) is 10.2 Å². The number of nitrogens with zero attached hydrogens (tertiary/aromatic N) is 1. The van der Waals surface area contributed by atoms with E-state index in [1.807, 2.05) is 30.3 Å². The second-order valence-corrected chi connectivity index (χ2v) is 7.26. The van der Waals surface area contributed by atoms with Gasteiger partial charge in [0.1, 0.15) is 5.60 Å². The number of amides is 1. The lowest BCUT2D eigenvalue weighted by molar-refractivity contribution is -0.313. The highest BCUT2D eigenvalue weighted by molar-refractivity contribution is 9.10. The van der Waals surface area contributed by atoms with E-state index in [9.17, 15) is 14.7 Å². The molecule has 0 aliphatic carbocycles. The van der Waals surface area contributed by atoms with Gasteiger partial charge in [0.2, 0.25) is 5.91 Å². The fourth-order valence-corrected chi connectivity index (χ4v) is 4.54. The van der Waals surface area contributed by atoms with Gasteiger partial charge in [0.05, 0.1) is 18.1 Å². The van der Waals surface area contributed by atoms with Crippen molar-refractivity contribution in [2.75, 3.05) is 4.90 Å². The number of ether oxygens (including phenoxy) is 1. The molecule has 1 amide bonds. The molecule has 4 rings (SSSR count). The third kappa shape index (κ3) is 1.90. The summed E-state index contributed by atoms with van der Waals surface area (Å²) in [6, 6.07) is 7.05. The van der Waals surface area contributed by atoms with Crippen LogP contribution in [-0.4, -0.2) is 29.6 Å². The molecule has 0 radical (unpaired) electrons. The molecule has 2 bridgehead atoms. The van der Waals surface area contributed by atoms with Gasteiger partial charge in [-0.25, -0.2) is 0 Å². The molecular formula is C18H15BrNO4-. The van der Waals surface area contributed by atoms with E-state index in [1.165, 1.54) is 0 Å². The number of hydrogen-bond acceptors (Lipinski definition) is 4. The van der Waals surface area contributed by atoms with Crippen LogP contribution in [0.3, 0.4) is 0 Å². The van der Waals surface area contributed by atoms with Gasteiger partial charge in [0.15, 0.2) is 0 Å². The Morgan fingerprint density at radius 2 is 2.12 bits per heavy atom. The number of carboxylic acid groups (broad SMARTS) is 1. The van der Waals surface area contributed by atoms with E-state index in [1.54, 1.807) is 17.1 Å². The van der Waals surface area contributed by atoms with E-state index in [-0.39, 0.29) is 11.9 Å². The number of aliphatic carboxylic acids is 1. The maximum atomic E-state index is 13.1. The first-order chi connectivity index (χ1) is 11.5. The van der Waals surface area contributed by atoms with Gasteiger partial charge in [0, 0.05) is 22.0 Å². The van der Waals surface area contributed by atoms with Crippen LogP contribution in [0.25, 0.3) is 0 Å². The minimum Gasteiger partial charge on any atom is -0.550 e. The van der Waals surface area contributed by atoms with Crippen molar-refractivity contribution in [3.8, 4) is 0 Å². The third-order valence-electron chi connectivity index (χ3n) is 5.19. The first kappa shape index (κ1) is 15.6. The summed E-state index contributed by atoms with van der Waals surface area (Å²) in [5.41, 5.74) is -0.204. The maximum Gasteiger partial charge on any atom is 0.234 e. The number of rotatable bonds is 4. The molecule has 5 nitrogen and oxygen atoms in total. The standard InChI is InChI=1S/C18H16BrNO4/c1-2-3-13-18-9-8-12(24-18)14(17(22)23)15(18)16(21)20(13)11-6-4-10(19)5-7-11/h2,4-9,12-15H,1,3H2,(H,22,23)/p-1/t12-,13+,14+,15-,18-/m1/s1. The third-order valence-corrected chi connectivity index (χ3v) is 5.72. The number of carbonyl (C=O) groups is 2. The number of carbonyl (C=O) groups excluding carboxylic acids is 2. The molecule has 0 unspecified atom stereocenters. The Kier molecular flexibility index (Phi) is 3.44. The second kappa shape index (κ2) is 5.29. The molecule has 5 atom stereocenters. The molecule has 0 aromatic heterocycles. The first-order valence-electron chi connectivity index (χ1n) is 7.77. The van der Waals surface area contributed by atoms with Crippen LogP contribution in [0.2, 0.25) is 0 Å². The molecule has 2 fully saturated rings. The highest BCUT2D eigenvalue weighted by atomic mass is 79.9. The molecule has 24 heavy (non-hydrogen) atoms. The van der Waals surface area contributed by atoms with Gasteiger partial charge in [0.25, 0.3) is 0 Å². The zero-order valence-corrected chi connectivity index (χ0v) is 14.3. The SMILES string of the molecule is C=CC[C@@H]1N(c2ccc(Br)cc2)C(=O)[C@H]2[C@@H](C(=O)[O-])[C@H]3C=C[C@@]12O3. The normalized spacial score (nSPS) is 36.2. The van der Waals surface area contributed by atoms with Crippen LogP contribution in [-0.2, 0) is 14.3 Å². The van der Waals surface area contributed by atoms with E-state index < -0.39 is 29.5 Å². The zero-order chi connectivity index (χ0) is 17.1. The summed E-state index contributed by atoms with van der Waals surface area (Å²) in [5.74, 6) is -3.17. The Hall–Kier alpha value is -1.92. The first-order valence-corrected chi connectivity index (χ1v) is 8.56. The Labute approximate surface area is 147 Å². The number of carboxylic acids is 1. The van der Waals surface area contributed by atoms with Crippen molar-refractivity contribution in [2.45, 2.75) is 24.2 Å². The topological polar surface area (TPSA) is 69.7 Å². The van der Waals surface area contributed by atoms with Crippen molar-refractivity contribution < 1.29 is 19.4 Å². The van der Waals surface area contributed by atoms with Crippen LogP contribution in [0, 0.1) is 11.8 Å². The number of benzene rings is 1. The van der Waals surface area contributed by atoms with Crippen molar-refractivity contribution in [1.29, 1.82) is 0 Å². The van der Waals surface area contributed by atoms with Crippen LogP contribution in [0.5, 0.6) is 0 Å². The fourth-order valence-electron chi connectivity index (χ4n) is 4.28. The van der Waals surface area contributed by atoms with Gasteiger partial charge < -0.3 is 19.5 Å². The van der Waals surface area contributed by atoms with E-state index in [4.69, 9.17) is 4.74 Å². The number of fused-ring (bicyclic) bond motifs is 1. The summed E-state index contributed by atoms with van der Waals surface area (Å²) in [5, 5.41) is 11.6. The average Bonchev–Trinajstić information content (AvgIpc) is 3.18. The van der Waals surface area contributed by atoms with Gasteiger partial charge in [-0.05, 0) is 30.7 Å². The summed E-state index contributed by atoms with van der Waals surface area (Å²) >= 11 is 3.38. The van der Waals surface area contributed by atoms with Crippen LogP contribution < -0.4 is 10.0 Å². The molecule has 3 aliphatic rings. The summed E-state index contributed by atoms with van der Waals surface area (Å²) in [7, 11) is 0. The molecule has 1 aromatic carbocycles. The zero-order valence-electron chi connectivity index (χ0n) is 12.7. The van der Waals surface area contributed by atoms with E-state index in [0.29, 0.717) is 6.42 Å². The molecule has 124 valence electrons. The van der Waals surface area contributed by atoms with Gasteiger partial charge >= 0.3 is 0 Å². The molecule has 3 heterocycles. The van der Waals surface area contributed by atoms with Gasteiger partial charge in [-0.2, -0.15) is 0 Å². The number of hydrogen-bond donors (Lipinski definition) is 0. The summed E-state index contributed by atoms with van der Waals surface area (Å²) < 4.78 is 6.92. The lowest BCUT2D eigenvalue weighted by Crippen LogP contribution is -2.46. The summed E-state index contributed by atoms with van der Waals surface area (Å²) in [4.78, 5) is 26.4. The molecular weight excluding hydrogens is 374 g/mol. The maximum absolute atomic E-state index is 13.1. The van der Waals surface area contributed by atoms with Gasteiger partial charge in [-0.3, -0.25) is 4.79 Å². The van der Waals surface area contributed by atoms with Crippen molar-refractivity contribution in [1.82, 2.24) is 0 Å². The molecule has 0 saturated carbocycles. The second-order valence-electron chi connectivity index (χ2n) is 6.34. The van der Waals surface area contributed by atoms with Crippen LogP contribution in [0.1, 0.15) is 6.42 Å². The lowest BCUT2D eigenvalue weighted by atomic mass is 9.74. The lowest BCUT2D eigenvalue weighted by Gasteiger charge is -2.32. The average molecular weight is 389 g/mol. The van der Waals surface area contributed by atoms with E-state index >= 15 is 0 Å². The molecule has 1 spiro atoms. The van der Waals surface area contributed by atoms with E-state index in [2.05, 4.69) is 22.5 Å². The molecule has 3 aliphatic heterocycles. The monoisotopic (exact) mass is 388 g/mol. The van der Waals surface area contributed by atoms with Gasteiger partial charge in [-0.1, -0.05) is 34.2 Å². The van der Waals surface area contributed by atoms with Crippen molar-refractivity contribution in [3.05, 3.63) is 53.5 Å². The fraction of sp³-hybridized carbons (Fsp3) is 0.333. The minimum atomic E-state index is -1.24. The summed E-state index contributed by atoms with van der Waals surface area (Å²) in [6.07, 6.45) is 5.24.